The Morgan fingerprint density at radius 1 is 1.35 bits per heavy atom. The van der Waals surface area contributed by atoms with Crippen molar-refractivity contribution in [3.8, 4) is 5.95 Å². The van der Waals surface area contributed by atoms with Gasteiger partial charge in [0.05, 0.1) is 6.10 Å². The van der Waals surface area contributed by atoms with Gasteiger partial charge in [0.25, 0.3) is 0 Å². The van der Waals surface area contributed by atoms with Crippen LogP contribution in [0.2, 0.25) is 0 Å². The third-order valence-electron chi connectivity index (χ3n) is 3.09. The Morgan fingerprint density at radius 3 is 2.95 bits per heavy atom. The van der Waals surface area contributed by atoms with Crippen LogP contribution < -0.4 is 10.6 Å². The maximum Gasteiger partial charge on any atom is 0.241 e. The Hall–Kier alpha value is -2.22. The van der Waals surface area contributed by atoms with Crippen molar-refractivity contribution < 1.29 is 4.74 Å². The summed E-state index contributed by atoms with van der Waals surface area (Å²) in [6.45, 7) is 1.54. The van der Waals surface area contributed by atoms with Gasteiger partial charge in [0.1, 0.15) is 6.33 Å². The van der Waals surface area contributed by atoms with E-state index in [1.807, 2.05) is 0 Å². The van der Waals surface area contributed by atoms with Crippen LogP contribution in [0.5, 0.6) is 0 Å². The first kappa shape index (κ1) is 12.8. The van der Waals surface area contributed by atoms with Gasteiger partial charge in [0, 0.05) is 32.6 Å². The maximum atomic E-state index is 5.57. The molecular weight excluding hydrogens is 258 g/mol. The summed E-state index contributed by atoms with van der Waals surface area (Å²) in [5.41, 5.74) is 0. The predicted molar refractivity (Wildman–Crippen MR) is 74.0 cm³/mol. The zero-order valence-electron chi connectivity index (χ0n) is 11.3. The van der Waals surface area contributed by atoms with Crippen molar-refractivity contribution in [2.24, 2.45) is 0 Å². The maximum absolute atomic E-state index is 5.57. The molecule has 0 radical (unpaired) electrons. The van der Waals surface area contributed by atoms with Crippen molar-refractivity contribution in [3.63, 3.8) is 0 Å². The SMILES string of the molecule is CNc1nc(NCC2CCCO2)nc(-n2ccnc2)n1. The fourth-order valence-corrected chi connectivity index (χ4v) is 2.06. The van der Waals surface area contributed by atoms with E-state index in [4.69, 9.17) is 4.74 Å². The molecule has 0 saturated carbocycles. The zero-order chi connectivity index (χ0) is 13.8. The van der Waals surface area contributed by atoms with Crippen LogP contribution in [0.4, 0.5) is 11.9 Å². The molecular formula is C12H17N7O. The number of nitrogens with one attached hydrogen (secondary N) is 2. The smallest absolute Gasteiger partial charge is 0.241 e. The van der Waals surface area contributed by atoms with Gasteiger partial charge < -0.3 is 15.4 Å². The topological polar surface area (TPSA) is 89.8 Å². The van der Waals surface area contributed by atoms with E-state index in [0.717, 1.165) is 19.4 Å². The molecule has 3 rings (SSSR count). The number of nitrogens with zero attached hydrogens (tertiary/aromatic N) is 5. The van der Waals surface area contributed by atoms with Crippen LogP contribution in [0.3, 0.4) is 0 Å². The van der Waals surface area contributed by atoms with Gasteiger partial charge in [-0.3, -0.25) is 4.57 Å². The molecule has 20 heavy (non-hydrogen) atoms. The highest BCUT2D eigenvalue weighted by Gasteiger charge is 2.16. The Bertz CT molecular complexity index is 551. The molecule has 2 N–H and O–H groups in total. The molecule has 8 nitrogen and oxygen atoms in total. The van der Waals surface area contributed by atoms with Gasteiger partial charge in [-0.15, -0.1) is 0 Å². The summed E-state index contributed by atoms with van der Waals surface area (Å²) in [4.78, 5) is 17.0. The summed E-state index contributed by atoms with van der Waals surface area (Å²) in [5.74, 6) is 1.57. The first-order valence-electron chi connectivity index (χ1n) is 6.63. The summed E-state index contributed by atoms with van der Waals surface area (Å²) in [6, 6.07) is 0. The molecule has 2 aromatic heterocycles. The van der Waals surface area contributed by atoms with Gasteiger partial charge in [-0.25, -0.2) is 4.98 Å². The molecule has 8 heteroatoms. The van der Waals surface area contributed by atoms with Crippen LogP contribution in [0, 0.1) is 0 Å². The molecule has 0 spiro atoms. The van der Waals surface area contributed by atoms with Crippen molar-refractivity contribution in [1.29, 1.82) is 0 Å². The number of imidazole rings is 1. The van der Waals surface area contributed by atoms with Gasteiger partial charge in [0.15, 0.2) is 0 Å². The molecule has 1 saturated heterocycles. The van der Waals surface area contributed by atoms with E-state index in [-0.39, 0.29) is 6.10 Å². The summed E-state index contributed by atoms with van der Waals surface area (Å²) in [6.07, 6.45) is 7.55. The molecule has 1 fully saturated rings. The minimum Gasteiger partial charge on any atom is -0.376 e. The normalized spacial score (nSPS) is 18.1. The Balaban J connectivity index is 1.77. The molecule has 0 amide bonds. The van der Waals surface area contributed by atoms with Gasteiger partial charge in [-0.1, -0.05) is 0 Å². The fourth-order valence-electron chi connectivity index (χ4n) is 2.06. The first-order valence-corrected chi connectivity index (χ1v) is 6.63. The molecule has 1 aliphatic heterocycles. The van der Waals surface area contributed by atoms with Crippen LogP contribution >= 0.6 is 0 Å². The summed E-state index contributed by atoms with van der Waals surface area (Å²) in [5, 5.41) is 6.13. The van der Waals surface area contributed by atoms with E-state index in [2.05, 4.69) is 30.6 Å². The highest BCUT2D eigenvalue weighted by atomic mass is 16.5. The van der Waals surface area contributed by atoms with Gasteiger partial charge in [0.2, 0.25) is 17.8 Å². The quantitative estimate of drug-likeness (QED) is 0.829. The number of anilines is 2. The molecule has 3 heterocycles. The largest absolute Gasteiger partial charge is 0.376 e. The minimum absolute atomic E-state index is 0.237. The lowest BCUT2D eigenvalue weighted by atomic mass is 10.2. The van der Waals surface area contributed by atoms with E-state index < -0.39 is 0 Å². The molecule has 2 aromatic rings. The number of hydrogen-bond acceptors (Lipinski definition) is 7. The third-order valence-corrected chi connectivity index (χ3v) is 3.09. The third kappa shape index (κ3) is 2.85. The van der Waals surface area contributed by atoms with Gasteiger partial charge in [-0.05, 0) is 12.8 Å². The fraction of sp³-hybridized carbons (Fsp3) is 0.500. The van der Waals surface area contributed by atoms with Crippen molar-refractivity contribution in [1.82, 2.24) is 24.5 Å². The first-order chi connectivity index (χ1) is 9.85. The van der Waals surface area contributed by atoms with Crippen LogP contribution in [0.15, 0.2) is 18.7 Å². The standard InChI is InChI=1S/C12H17N7O/c1-13-10-16-11(15-7-9-3-2-6-20-9)18-12(17-10)19-5-4-14-8-19/h4-5,8-9H,2-3,6-7H2,1H3,(H2,13,15,16,17,18). The summed E-state index contributed by atoms with van der Waals surface area (Å²) in [7, 11) is 1.77. The van der Waals surface area contributed by atoms with E-state index >= 15 is 0 Å². The Kier molecular flexibility index (Phi) is 3.73. The summed E-state index contributed by atoms with van der Waals surface area (Å²) < 4.78 is 7.31. The van der Waals surface area contributed by atoms with Crippen LogP contribution in [-0.4, -0.2) is 50.8 Å². The molecule has 106 valence electrons. The monoisotopic (exact) mass is 275 g/mol. The van der Waals surface area contributed by atoms with Crippen molar-refractivity contribution >= 4 is 11.9 Å². The van der Waals surface area contributed by atoms with E-state index in [1.165, 1.54) is 0 Å². The zero-order valence-corrected chi connectivity index (χ0v) is 11.3. The average molecular weight is 275 g/mol. The highest BCUT2D eigenvalue weighted by molar-refractivity contribution is 5.37. The second-order valence-corrected chi connectivity index (χ2v) is 4.52. The molecule has 0 bridgehead atoms. The van der Waals surface area contributed by atoms with Crippen molar-refractivity contribution in [3.05, 3.63) is 18.7 Å². The van der Waals surface area contributed by atoms with Crippen LogP contribution in [0.1, 0.15) is 12.8 Å². The number of aromatic nitrogens is 5. The van der Waals surface area contributed by atoms with Crippen LogP contribution in [-0.2, 0) is 4.74 Å². The number of ether oxygens (including phenoxy) is 1. The molecule has 1 atom stereocenters. The van der Waals surface area contributed by atoms with E-state index in [1.54, 1.807) is 30.3 Å². The van der Waals surface area contributed by atoms with E-state index in [0.29, 0.717) is 24.4 Å². The van der Waals surface area contributed by atoms with Crippen LogP contribution in [0.25, 0.3) is 5.95 Å². The highest BCUT2D eigenvalue weighted by Crippen LogP contribution is 2.13. The minimum atomic E-state index is 0.237. The average Bonchev–Trinajstić information content (AvgIpc) is 3.17. The molecule has 0 aromatic carbocycles. The molecule has 1 unspecified atom stereocenters. The second-order valence-electron chi connectivity index (χ2n) is 4.52. The van der Waals surface area contributed by atoms with E-state index in [9.17, 15) is 0 Å². The Morgan fingerprint density at radius 2 is 2.25 bits per heavy atom. The van der Waals surface area contributed by atoms with Gasteiger partial charge >= 0.3 is 0 Å². The molecule has 1 aliphatic rings. The summed E-state index contributed by atoms with van der Waals surface area (Å²) >= 11 is 0. The van der Waals surface area contributed by atoms with Gasteiger partial charge in [-0.2, -0.15) is 15.0 Å². The predicted octanol–water partition coefficient (Wildman–Crippen LogP) is 0.690. The van der Waals surface area contributed by atoms with Crippen molar-refractivity contribution in [2.45, 2.75) is 18.9 Å². The molecule has 0 aliphatic carbocycles. The Labute approximate surface area is 116 Å². The van der Waals surface area contributed by atoms with Crippen molar-refractivity contribution in [2.75, 3.05) is 30.8 Å². The second kappa shape index (κ2) is 5.83. The lowest BCUT2D eigenvalue weighted by Gasteiger charge is -2.12. The lowest BCUT2D eigenvalue weighted by molar-refractivity contribution is 0.120. The lowest BCUT2D eigenvalue weighted by Crippen LogP contribution is -2.20. The number of hydrogen-bond donors (Lipinski definition) is 2. The number of rotatable bonds is 5.